The number of nitrogens with two attached hydrogens (primary N) is 1. The van der Waals surface area contributed by atoms with Crippen LogP contribution < -0.4 is 16.4 Å². The van der Waals surface area contributed by atoms with E-state index in [1.165, 1.54) is 17.4 Å². The molecule has 1 fully saturated rings. The number of hydrogen-bond acceptors (Lipinski definition) is 7. The first-order valence-corrected chi connectivity index (χ1v) is 10.8. The van der Waals surface area contributed by atoms with Crippen molar-refractivity contribution < 1.29 is 24.3 Å². The molecule has 0 aromatic carbocycles. The number of imidazole rings is 1. The van der Waals surface area contributed by atoms with Gasteiger partial charge in [0, 0.05) is 30.6 Å². The van der Waals surface area contributed by atoms with Gasteiger partial charge in [-0.1, -0.05) is 13.8 Å². The second-order valence-corrected chi connectivity index (χ2v) is 8.25. The summed E-state index contributed by atoms with van der Waals surface area (Å²) in [6, 6.07) is -3.69. The van der Waals surface area contributed by atoms with E-state index in [-0.39, 0.29) is 24.0 Å². The zero-order valence-electron chi connectivity index (χ0n) is 17.6. The molecule has 4 unspecified atom stereocenters. The van der Waals surface area contributed by atoms with Gasteiger partial charge in [-0.15, -0.1) is 0 Å². The number of H-pyrrole nitrogens is 1. The number of nitrogens with one attached hydrogen (secondary N) is 3. The summed E-state index contributed by atoms with van der Waals surface area (Å²) < 4.78 is 0. The Hall–Kier alpha value is -2.60. The van der Waals surface area contributed by atoms with Crippen molar-refractivity contribution in [1.29, 1.82) is 0 Å². The Morgan fingerprint density at radius 2 is 2.06 bits per heavy atom. The summed E-state index contributed by atoms with van der Waals surface area (Å²) in [5, 5.41) is 14.6. The highest BCUT2D eigenvalue weighted by Gasteiger charge is 2.38. The molecule has 11 nitrogen and oxygen atoms in total. The van der Waals surface area contributed by atoms with Gasteiger partial charge in [-0.25, -0.2) is 9.78 Å². The van der Waals surface area contributed by atoms with E-state index >= 15 is 0 Å². The lowest BCUT2D eigenvalue weighted by atomic mass is 10.0. The lowest BCUT2D eigenvalue weighted by Crippen LogP contribution is -2.58. The number of aromatic amines is 1. The number of likely N-dealkylation sites (tertiary alicyclic amines) is 1. The van der Waals surface area contributed by atoms with Gasteiger partial charge in [0.1, 0.15) is 18.1 Å². The third kappa shape index (κ3) is 6.44. The number of carbonyl (C=O) groups excluding carboxylic acids is 3. The molecule has 12 heteroatoms. The summed E-state index contributed by atoms with van der Waals surface area (Å²) in [5.74, 6) is -2.79. The molecule has 3 amide bonds. The first-order chi connectivity index (χ1) is 14.6. The zero-order chi connectivity index (χ0) is 23.1. The summed E-state index contributed by atoms with van der Waals surface area (Å²) in [7, 11) is 0. The van der Waals surface area contributed by atoms with Gasteiger partial charge in [-0.05, 0) is 18.8 Å². The number of amides is 3. The Labute approximate surface area is 185 Å². The summed E-state index contributed by atoms with van der Waals surface area (Å²) in [6.45, 7) is 3.88. The molecule has 1 aromatic rings. The molecule has 0 radical (unpaired) electrons. The number of aliphatic carboxylic acids is 1. The van der Waals surface area contributed by atoms with Gasteiger partial charge in [-0.3, -0.25) is 14.4 Å². The standard InChI is InChI=1S/C19H30N6O5S/c1-10(2)15(17(27)23-13(19(29)30)6-11-7-21-9-22-11)24-16(26)14-4-3-5-25(14)18(28)12(20)8-31/h7,9-10,12-15,31H,3-6,8,20H2,1-2H3,(H,21,22)(H,23,27)(H,24,26)(H,29,30). The van der Waals surface area contributed by atoms with E-state index in [0.717, 1.165) is 0 Å². The van der Waals surface area contributed by atoms with E-state index < -0.39 is 42.0 Å². The maximum Gasteiger partial charge on any atom is 0.326 e. The van der Waals surface area contributed by atoms with E-state index in [1.807, 2.05) is 0 Å². The van der Waals surface area contributed by atoms with Crippen LogP contribution >= 0.6 is 12.6 Å². The third-order valence-corrected chi connectivity index (χ3v) is 5.59. The fourth-order valence-electron chi connectivity index (χ4n) is 3.46. The van der Waals surface area contributed by atoms with Crippen LogP contribution in [0, 0.1) is 5.92 Å². The number of carboxylic acids is 1. The second-order valence-electron chi connectivity index (χ2n) is 7.89. The van der Waals surface area contributed by atoms with Crippen LogP contribution in [-0.4, -0.2) is 80.1 Å². The molecule has 1 aliphatic heterocycles. The highest BCUT2D eigenvalue weighted by Crippen LogP contribution is 2.19. The van der Waals surface area contributed by atoms with Crippen molar-refractivity contribution in [3.8, 4) is 0 Å². The largest absolute Gasteiger partial charge is 0.480 e. The molecule has 2 rings (SSSR count). The number of carbonyl (C=O) groups is 4. The fourth-order valence-corrected chi connectivity index (χ4v) is 3.61. The van der Waals surface area contributed by atoms with Crippen LogP contribution in [0.15, 0.2) is 12.5 Å². The van der Waals surface area contributed by atoms with Crippen molar-refractivity contribution in [1.82, 2.24) is 25.5 Å². The number of rotatable bonds is 10. The number of thiol groups is 1. The van der Waals surface area contributed by atoms with Crippen molar-refractivity contribution in [3.63, 3.8) is 0 Å². The van der Waals surface area contributed by atoms with Crippen molar-refractivity contribution in [3.05, 3.63) is 18.2 Å². The fraction of sp³-hybridized carbons (Fsp3) is 0.632. The van der Waals surface area contributed by atoms with E-state index in [2.05, 4.69) is 33.2 Å². The lowest BCUT2D eigenvalue weighted by Gasteiger charge is -2.29. The van der Waals surface area contributed by atoms with Gasteiger partial charge in [-0.2, -0.15) is 12.6 Å². The maximum absolute atomic E-state index is 12.9. The number of hydrogen-bond donors (Lipinski definition) is 6. The van der Waals surface area contributed by atoms with Gasteiger partial charge in [0.15, 0.2) is 0 Å². The average molecular weight is 455 g/mol. The molecular weight excluding hydrogens is 424 g/mol. The molecule has 0 aliphatic carbocycles. The molecular formula is C19H30N6O5S. The number of carboxylic acid groups (broad SMARTS) is 1. The van der Waals surface area contributed by atoms with Crippen LogP contribution in [0.3, 0.4) is 0 Å². The summed E-state index contributed by atoms with van der Waals surface area (Å²) >= 11 is 4.04. The van der Waals surface area contributed by atoms with Crippen molar-refractivity contribution in [2.75, 3.05) is 12.3 Å². The molecule has 1 aromatic heterocycles. The Balaban J connectivity index is 2.06. The molecule has 0 spiro atoms. The highest BCUT2D eigenvalue weighted by atomic mass is 32.1. The Morgan fingerprint density at radius 3 is 2.61 bits per heavy atom. The SMILES string of the molecule is CC(C)C(NC(=O)C1CCCN1C(=O)C(N)CS)C(=O)NC(Cc1cnc[nH]1)C(=O)O. The Kier molecular flexibility index (Phi) is 8.87. The van der Waals surface area contributed by atoms with Gasteiger partial charge in [0.05, 0.1) is 12.4 Å². The smallest absolute Gasteiger partial charge is 0.326 e. The first kappa shape index (κ1) is 24.7. The third-order valence-electron chi connectivity index (χ3n) is 5.19. The minimum Gasteiger partial charge on any atom is -0.480 e. The quantitative estimate of drug-likeness (QED) is 0.244. The summed E-state index contributed by atoms with van der Waals surface area (Å²) in [4.78, 5) is 57.8. The molecule has 2 heterocycles. The van der Waals surface area contributed by atoms with Crippen molar-refractivity contribution in [2.24, 2.45) is 11.7 Å². The molecule has 1 saturated heterocycles. The van der Waals surface area contributed by atoms with Crippen LogP contribution in [0.2, 0.25) is 0 Å². The van der Waals surface area contributed by atoms with Crippen molar-refractivity contribution >= 4 is 36.3 Å². The van der Waals surface area contributed by atoms with E-state index in [9.17, 15) is 24.3 Å². The lowest BCUT2D eigenvalue weighted by molar-refractivity contribution is -0.143. The van der Waals surface area contributed by atoms with E-state index in [4.69, 9.17) is 5.73 Å². The normalized spacial score (nSPS) is 19.0. The van der Waals surface area contributed by atoms with E-state index in [0.29, 0.717) is 25.1 Å². The first-order valence-electron chi connectivity index (χ1n) is 10.1. The Bertz CT molecular complexity index is 787. The minimum absolute atomic E-state index is 0.0202. The van der Waals surface area contributed by atoms with E-state index in [1.54, 1.807) is 13.8 Å². The second kappa shape index (κ2) is 11.1. The van der Waals surface area contributed by atoms with Crippen LogP contribution in [-0.2, 0) is 25.6 Å². The molecule has 4 atom stereocenters. The molecule has 0 bridgehead atoms. The zero-order valence-corrected chi connectivity index (χ0v) is 18.5. The molecule has 172 valence electrons. The number of nitrogens with zero attached hydrogens (tertiary/aromatic N) is 2. The van der Waals surface area contributed by atoms with Crippen LogP contribution in [0.25, 0.3) is 0 Å². The van der Waals surface area contributed by atoms with Crippen LogP contribution in [0.1, 0.15) is 32.4 Å². The topological polar surface area (TPSA) is 171 Å². The monoisotopic (exact) mass is 454 g/mol. The highest BCUT2D eigenvalue weighted by molar-refractivity contribution is 7.80. The average Bonchev–Trinajstić information content (AvgIpc) is 3.41. The molecule has 31 heavy (non-hydrogen) atoms. The van der Waals surface area contributed by atoms with Crippen LogP contribution in [0.5, 0.6) is 0 Å². The predicted molar refractivity (Wildman–Crippen MR) is 115 cm³/mol. The van der Waals surface area contributed by atoms with Crippen molar-refractivity contribution in [2.45, 2.75) is 57.3 Å². The number of aromatic nitrogens is 2. The van der Waals surface area contributed by atoms with Gasteiger partial charge in [0.25, 0.3) is 0 Å². The molecule has 6 N–H and O–H groups in total. The maximum atomic E-state index is 12.9. The molecule has 0 saturated carbocycles. The van der Waals surface area contributed by atoms with Gasteiger partial charge >= 0.3 is 5.97 Å². The van der Waals surface area contributed by atoms with Gasteiger partial charge in [0.2, 0.25) is 17.7 Å². The summed E-state index contributed by atoms with van der Waals surface area (Å²) in [5.41, 5.74) is 6.32. The Morgan fingerprint density at radius 1 is 1.35 bits per heavy atom. The summed E-state index contributed by atoms with van der Waals surface area (Å²) in [6.07, 6.45) is 4.02. The minimum atomic E-state index is -1.20. The van der Waals surface area contributed by atoms with Crippen LogP contribution in [0.4, 0.5) is 0 Å². The molecule has 1 aliphatic rings. The van der Waals surface area contributed by atoms with Gasteiger partial charge < -0.3 is 31.4 Å². The predicted octanol–water partition coefficient (Wildman–Crippen LogP) is -1.09.